The molecule has 0 aromatic carbocycles. The standard InChI is InChI=1S/C19H20F3N7O2/c1-11(19(20,21)22)25-17(30)15-24-9-13-16(27-15)29(12-5-4-8-28(13)10-12)18(31)26-14-6-2-3-7-23-14/h2-3,6-7,9,11-12H,4-5,8,10H2,1H3,(H,25,30)(H,23,26,31)/t11?,12-/m0/s1. The van der Waals surface area contributed by atoms with E-state index < -0.39 is 30.0 Å². The van der Waals surface area contributed by atoms with Crippen molar-refractivity contribution >= 4 is 29.3 Å². The van der Waals surface area contributed by atoms with Crippen molar-refractivity contribution in [3.8, 4) is 0 Å². The van der Waals surface area contributed by atoms with Crippen molar-refractivity contribution in [2.45, 2.75) is 38.0 Å². The molecule has 2 bridgehead atoms. The molecule has 2 aliphatic heterocycles. The van der Waals surface area contributed by atoms with Gasteiger partial charge >= 0.3 is 12.2 Å². The second-order valence-corrected chi connectivity index (χ2v) is 7.40. The van der Waals surface area contributed by atoms with E-state index in [1.807, 2.05) is 10.2 Å². The predicted molar refractivity (Wildman–Crippen MR) is 106 cm³/mol. The first kappa shape index (κ1) is 20.8. The van der Waals surface area contributed by atoms with Crippen LogP contribution in [0.5, 0.6) is 0 Å². The molecule has 2 aliphatic rings. The summed E-state index contributed by atoms with van der Waals surface area (Å²) < 4.78 is 38.4. The van der Waals surface area contributed by atoms with E-state index in [0.717, 1.165) is 26.3 Å². The van der Waals surface area contributed by atoms with Gasteiger partial charge < -0.3 is 10.2 Å². The van der Waals surface area contributed by atoms with E-state index in [4.69, 9.17) is 0 Å². The van der Waals surface area contributed by atoms with Crippen LogP contribution in [0, 0.1) is 0 Å². The molecule has 0 saturated carbocycles. The van der Waals surface area contributed by atoms with Crippen LogP contribution in [-0.4, -0.2) is 58.2 Å². The van der Waals surface area contributed by atoms with Crippen LogP contribution in [-0.2, 0) is 0 Å². The summed E-state index contributed by atoms with van der Waals surface area (Å²) in [6.45, 7) is 2.14. The second-order valence-electron chi connectivity index (χ2n) is 7.40. The third-order valence-electron chi connectivity index (χ3n) is 5.24. The Bertz CT molecular complexity index is 986. The van der Waals surface area contributed by atoms with E-state index in [1.54, 1.807) is 18.2 Å². The van der Waals surface area contributed by atoms with Crippen molar-refractivity contribution < 1.29 is 22.8 Å². The molecule has 2 atom stereocenters. The molecule has 12 heteroatoms. The monoisotopic (exact) mass is 435 g/mol. The number of carbonyl (C=O) groups excluding carboxylic acids is 2. The first-order valence-electron chi connectivity index (χ1n) is 9.75. The van der Waals surface area contributed by atoms with Crippen LogP contribution in [0.3, 0.4) is 0 Å². The Morgan fingerprint density at radius 2 is 2.06 bits per heavy atom. The molecule has 31 heavy (non-hydrogen) atoms. The molecule has 0 aliphatic carbocycles. The van der Waals surface area contributed by atoms with Crippen LogP contribution in [0.1, 0.15) is 30.4 Å². The zero-order chi connectivity index (χ0) is 22.2. The number of alkyl halides is 3. The molecular weight excluding hydrogens is 415 g/mol. The highest BCUT2D eigenvalue weighted by Gasteiger charge is 2.40. The lowest BCUT2D eigenvalue weighted by atomic mass is 10.0. The van der Waals surface area contributed by atoms with Gasteiger partial charge in [-0.25, -0.2) is 19.7 Å². The number of hydrogen-bond acceptors (Lipinski definition) is 6. The summed E-state index contributed by atoms with van der Waals surface area (Å²) in [6, 6.07) is 2.32. The van der Waals surface area contributed by atoms with E-state index in [2.05, 4.69) is 20.3 Å². The molecule has 0 spiro atoms. The molecule has 2 aromatic rings. The molecule has 1 saturated heterocycles. The third kappa shape index (κ3) is 4.23. The SMILES string of the molecule is CC(NC(=O)c1ncc2c(n1)N(C(=O)Nc1ccccn1)[C@H]1CCCN2C1)C(F)(F)F. The topological polar surface area (TPSA) is 103 Å². The van der Waals surface area contributed by atoms with E-state index >= 15 is 0 Å². The number of nitrogens with zero attached hydrogens (tertiary/aromatic N) is 5. The van der Waals surface area contributed by atoms with Crippen LogP contribution in [0.2, 0.25) is 0 Å². The summed E-state index contributed by atoms with van der Waals surface area (Å²) in [4.78, 5) is 41.0. The van der Waals surface area contributed by atoms with Crippen LogP contribution in [0.4, 0.5) is 35.3 Å². The minimum Gasteiger partial charge on any atom is -0.365 e. The lowest BCUT2D eigenvalue weighted by Gasteiger charge is -2.45. The highest BCUT2D eigenvalue weighted by Crippen LogP contribution is 2.37. The molecule has 2 N–H and O–H groups in total. The third-order valence-corrected chi connectivity index (χ3v) is 5.24. The van der Waals surface area contributed by atoms with Crippen molar-refractivity contribution in [2.75, 3.05) is 28.2 Å². The van der Waals surface area contributed by atoms with Gasteiger partial charge in [0.05, 0.1) is 17.9 Å². The van der Waals surface area contributed by atoms with Crippen molar-refractivity contribution in [1.29, 1.82) is 0 Å². The normalized spacial score (nSPS) is 18.8. The van der Waals surface area contributed by atoms with Gasteiger partial charge in [0.15, 0.2) is 5.82 Å². The number of carbonyl (C=O) groups is 2. The fourth-order valence-electron chi connectivity index (χ4n) is 3.64. The van der Waals surface area contributed by atoms with Crippen molar-refractivity contribution in [3.63, 3.8) is 0 Å². The largest absolute Gasteiger partial charge is 0.408 e. The number of aromatic nitrogens is 3. The Morgan fingerprint density at radius 3 is 2.77 bits per heavy atom. The summed E-state index contributed by atoms with van der Waals surface area (Å²) in [5.41, 5.74) is 0.549. The number of rotatable bonds is 3. The van der Waals surface area contributed by atoms with Crippen LogP contribution >= 0.6 is 0 Å². The number of pyridine rings is 1. The number of nitrogens with one attached hydrogen (secondary N) is 2. The number of piperidine rings is 1. The molecule has 0 radical (unpaired) electrons. The molecule has 164 valence electrons. The fraction of sp³-hybridized carbons (Fsp3) is 0.421. The van der Waals surface area contributed by atoms with Gasteiger partial charge in [0, 0.05) is 19.3 Å². The first-order chi connectivity index (χ1) is 14.7. The number of hydrogen-bond donors (Lipinski definition) is 2. The van der Waals surface area contributed by atoms with E-state index in [1.165, 1.54) is 17.3 Å². The van der Waals surface area contributed by atoms with E-state index in [-0.39, 0.29) is 11.9 Å². The number of halogens is 3. The summed E-state index contributed by atoms with van der Waals surface area (Å²) in [5, 5.41) is 4.55. The number of urea groups is 1. The summed E-state index contributed by atoms with van der Waals surface area (Å²) >= 11 is 0. The van der Waals surface area contributed by atoms with Crippen molar-refractivity contribution in [3.05, 3.63) is 36.4 Å². The van der Waals surface area contributed by atoms with Crippen LogP contribution < -0.4 is 20.4 Å². The van der Waals surface area contributed by atoms with E-state index in [9.17, 15) is 22.8 Å². The molecule has 3 amide bonds. The van der Waals surface area contributed by atoms with Gasteiger partial charge in [-0.15, -0.1) is 0 Å². The van der Waals surface area contributed by atoms with Crippen LogP contribution in [0.15, 0.2) is 30.6 Å². The number of fused-ring (bicyclic) bond motifs is 4. The Balaban J connectivity index is 1.65. The minimum atomic E-state index is -4.60. The first-order valence-corrected chi connectivity index (χ1v) is 9.75. The molecule has 2 aromatic heterocycles. The molecular formula is C19H20F3N7O2. The molecule has 4 rings (SSSR count). The highest BCUT2D eigenvalue weighted by atomic mass is 19.4. The Morgan fingerprint density at radius 1 is 1.26 bits per heavy atom. The van der Waals surface area contributed by atoms with Crippen molar-refractivity contribution in [2.24, 2.45) is 0 Å². The van der Waals surface area contributed by atoms with Gasteiger partial charge in [0.1, 0.15) is 11.9 Å². The van der Waals surface area contributed by atoms with Gasteiger partial charge in [0.25, 0.3) is 5.91 Å². The average molecular weight is 435 g/mol. The van der Waals surface area contributed by atoms with Crippen molar-refractivity contribution in [1.82, 2.24) is 20.3 Å². The molecule has 9 nitrogen and oxygen atoms in total. The van der Waals surface area contributed by atoms with Gasteiger partial charge in [-0.05, 0) is 31.9 Å². The zero-order valence-electron chi connectivity index (χ0n) is 16.6. The predicted octanol–water partition coefficient (Wildman–Crippen LogP) is 2.57. The zero-order valence-corrected chi connectivity index (χ0v) is 16.6. The summed E-state index contributed by atoms with van der Waals surface area (Å²) in [5.74, 6) is -0.974. The number of amides is 3. The van der Waals surface area contributed by atoms with Crippen LogP contribution in [0.25, 0.3) is 0 Å². The Labute approximate surface area is 175 Å². The Kier molecular flexibility index (Phi) is 5.38. The van der Waals surface area contributed by atoms with Gasteiger partial charge in [-0.1, -0.05) is 6.07 Å². The maximum atomic E-state index is 13.1. The van der Waals surface area contributed by atoms with Gasteiger partial charge in [0.2, 0.25) is 5.82 Å². The van der Waals surface area contributed by atoms with E-state index in [0.29, 0.717) is 18.1 Å². The fourth-order valence-corrected chi connectivity index (χ4v) is 3.64. The number of anilines is 3. The lowest BCUT2D eigenvalue weighted by molar-refractivity contribution is -0.149. The lowest BCUT2D eigenvalue weighted by Crippen LogP contribution is -2.56. The maximum absolute atomic E-state index is 13.1. The summed E-state index contributed by atoms with van der Waals surface area (Å²) in [6.07, 6.45) is -0.112. The Hall–Kier alpha value is -3.44. The van der Waals surface area contributed by atoms with Gasteiger partial charge in [-0.2, -0.15) is 13.2 Å². The molecule has 1 unspecified atom stereocenters. The summed E-state index contributed by atoms with van der Waals surface area (Å²) in [7, 11) is 0. The average Bonchev–Trinajstić information content (AvgIpc) is 2.73. The minimum absolute atomic E-state index is 0.184. The smallest absolute Gasteiger partial charge is 0.365 e. The maximum Gasteiger partial charge on any atom is 0.408 e. The molecule has 4 heterocycles. The highest BCUT2D eigenvalue weighted by molar-refractivity contribution is 6.04. The van der Waals surface area contributed by atoms with Gasteiger partial charge in [-0.3, -0.25) is 15.0 Å². The quantitative estimate of drug-likeness (QED) is 0.768. The molecule has 1 fully saturated rings. The second kappa shape index (κ2) is 8.00.